The molecule has 0 amide bonds. The van der Waals surface area contributed by atoms with Gasteiger partial charge in [-0.15, -0.1) is 0 Å². The number of rotatable bonds is 4. The van der Waals surface area contributed by atoms with E-state index in [-0.39, 0.29) is 0 Å². The zero-order chi connectivity index (χ0) is 15.2. The number of carbonyl (C=O) groups is 1. The number of esters is 1. The highest BCUT2D eigenvalue weighted by Crippen LogP contribution is 2.25. The Bertz CT molecular complexity index is 666. The molecular formula is C17H16BrNO2. The summed E-state index contributed by atoms with van der Waals surface area (Å²) in [6.45, 7) is 2.01. The lowest BCUT2D eigenvalue weighted by Gasteiger charge is -2.11. The second-order valence-electron chi connectivity index (χ2n) is 4.57. The third kappa shape index (κ3) is 4.20. The average Bonchev–Trinajstić information content (AvgIpc) is 2.49. The van der Waals surface area contributed by atoms with Gasteiger partial charge in [-0.2, -0.15) is 0 Å². The fourth-order valence-electron chi connectivity index (χ4n) is 1.84. The Balaban J connectivity index is 2.33. The van der Waals surface area contributed by atoms with Crippen LogP contribution in [0.15, 0.2) is 58.7 Å². The molecule has 0 saturated carbocycles. The Labute approximate surface area is 132 Å². The summed E-state index contributed by atoms with van der Waals surface area (Å²) in [4.78, 5) is 11.9. The summed E-state index contributed by atoms with van der Waals surface area (Å²) >= 11 is 3.49. The molecule has 2 rings (SSSR count). The molecule has 0 aliphatic heterocycles. The molecule has 2 aromatic carbocycles. The summed E-state index contributed by atoms with van der Waals surface area (Å²) in [5.74, 6) is -0.411. The molecule has 0 aromatic heterocycles. The molecule has 108 valence electrons. The average molecular weight is 346 g/mol. The van der Waals surface area contributed by atoms with Gasteiger partial charge in [0, 0.05) is 4.47 Å². The Morgan fingerprint density at radius 3 is 2.52 bits per heavy atom. The molecule has 0 heterocycles. The predicted molar refractivity (Wildman–Crippen MR) is 88.9 cm³/mol. The largest absolute Gasteiger partial charge is 0.464 e. The Morgan fingerprint density at radius 2 is 1.90 bits per heavy atom. The van der Waals surface area contributed by atoms with Gasteiger partial charge in [-0.1, -0.05) is 36.4 Å². The lowest BCUT2D eigenvalue weighted by atomic mass is 10.2. The Morgan fingerprint density at radius 1 is 1.19 bits per heavy atom. The number of benzene rings is 2. The van der Waals surface area contributed by atoms with Crippen molar-refractivity contribution in [3.8, 4) is 0 Å². The summed E-state index contributed by atoms with van der Waals surface area (Å²) in [6.07, 6.45) is 1.76. The minimum Gasteiger partial charge on any atom is -0.464 e. The van der Waals surface area contributed by atoms with Crippen LogP contribution in [0.5, 0.6) is 0 Å². The number of halogens is 1. The molecular weight excluding hydrogens is 330 g/mol. The summed E-state index contributed by atoms with van der Waals surface area (Å²) in [7, 11) is 1.37. The number of anilines is 1. The molecule has 0 aliphatic carbocycles. The number of methoxy groups -OCH3 is 1. The van der Waals surface area contributed by atoms with E-state index in [4.69, 9.17) is 4.74 Å². The van der Waals surface area contributed by atoms with Gasteiger partial charge in [0.2, 0.25) is 0 Å². The summed E-state index contributed by atoms with van der Waals surface area (Å²) in [6, 6.07) is 15.5. The highest BCUT2D eigenvalue weighted by atomic mass is 79.9. The molecule has 3 nitrogen and oxygen atoms in total. The summed E-state index contributed by atoms with van der Waals surface area (Å²) < 4.78 is 5.73. The lowest BCUT2D eigenvalue weighted by Crippen LogP contribution is -2.13. The Kier molecular flexibility index (Phi) is 5.17. The van der Waals surface area contributed by atoms with Gasteiger partial charge < -0.3 is 10.1 Å². The first-order valence-electron chi connectivity index (χ1n) is 6.48. The number of aryl methyl sites for hydroxylation is 1. The highest BCUT2D eigenvalue weighted by molar-refractivity contribution is 9.10. The van der Waals surface area contributed by atoms with Crippen LogP contribution >= 0.6 is 15.9 Å². The molecule has 1 N–H and O–H groups in total. The quantitative estimate of drug-likeness (QED) is 0.659. The van der Waals surface area contributed by atoms with E-state index < -0.39 is 5.97 Å². The second kappa shape index (κ2) is 7.09. The van der Waals surface area contributed by atoms with E-state index in [0.717, 1.165) is 21.3 Å². The molecule has 0 aliphatic rings. The zero-order valence-electron chi connectivity index (χ0n) is 11.9. The molecule has 0 unspecified atom stereocenters. The van der Waals surface area contributed by atoms with Crippen molar-refractivity contribution >= 4 is 33.7 Å². The summed E-state index contributed by atoms with van der Waals surface area (Å²) in [5, 5.41) is 3.11. The van der Waals surface area contributed by atoms with Gasteiger partial charge in [0.25, 0.3) is 0 Å². The molecule has 0 spiro atoms. The maximum atomic E-state index is 11.9. The van der Waals surface area contributed by atoms with Gasteiger partial charge in [-0.3, -0.25) is 0 Å². The van der Waals surface area contributed by atoms with Crippen molar-refractivity contribution in [3.05, 3.63) is 69.8 Å². The van der Waals surface area contributed by atoms with Crippen LogP contribution in [-0.2, 0) is 9.53 Å². The molecule has 0 fully saturated rings. The van der Waals surface area contributed by atoms with Crippen LogP contribution in [0.1, 0.15) is 11.1 Å². The van der Waals surface area contributed by atoms with Crippen molar-refractivity contribution in [2.24, 2.45) is 0 Å². The van der Waals surface area contributed by atoms with E-state index in [9.17, 15) is 4.79 Å². The number of nitrogens with one attached hydrogen (secondary N) is 1. The van der Waals surface area contributed by atoms with Gasteiger partial charge in [0.15, 0.2) is 0 Å². The van der Waals surface area contributed by atoms with Crippen LogP contribution in [0, 0.1) is 6.92 Å². The number of carbonyl (C=O) groups excluding carboxylic acids is 1. The van der Waals surface area contributed by atoms with Gasteiger partial charge in [-0.05, 0) is 52.2 Å². The smallest absolute Gasteiger partial charge is 0.354 e. The molecule has 0 radical (unpaired) electrons. The number of hydrogen-bond donors (Lipinski definition) is 1. The first-order chi connectivity index (χ1) is 10.1. The molecule has 0 atom stereocenters. The molecule has 2 aromatic rings. The van der Waals surface area contributed by atoms with Crippen molar-refractivity contribution in [2.45, 2.75) is 6.92 Å². The predicted octanol–water partition coefficient (Wildman–Crippen LogP) is 4.38. The van der Waals surface area contributed by atoms with Crippen molar-refractivity contribution in [1.29, 1.82) is 0 Å². The Hall–Kier alpha value is -2.07. The zero-order valence-corrected chi connectivity index (χ0v) is 13.5. The van der Waals surface area contributed by atoms with E-state index in [2.05, 4.69) is 21.2 Å². The number of hydrogen-bond acceptors (Lipinski definition) is 3. The highest BCUT2D eigenvalue weighted by Gasteiger charge is 2.11. The van der Waals surface area contributed by atoms with E-state index in [1.807, 2.05) is 55.5 Å². The van der Waals surface area contributed by atoms with E-state index in [0.29, 0.717) is 5.70 Å². The molecule has 4 heteroatoms. The van der Waals surface area contributed by atoms with Crippen molar-refractivity contribution in [1.82, 2.24) is 0 Å². The van der Waals surface area contributed by atoms with Crippen molar-refractivity contribution in [3.63, 3.8) is 0 Å². The molecule has 0 bridgehead atoms. The number of ether oxygens (including phenoxy) is 1. The fourth-order valence-corrected chi connectivity index (χ4v) is 2.43. The first-order valence-corrected chi connectivity index (χ1v) is 7.27. The van der Waals surface area contributed by atoms with Gasteiger partial charge in [-0.25, -0.2) is 4.79 Å². The van der Waals surface area contributed by atoms with Crippen LogP contribution in [0.3, 0.4) is 0 Å². The minimum atomic E-state index is -0.411. The van der Waals surface area contributed by atoms with E-state index in [1.165, 1.54) is 7.11 Å². The van der Waals surface area contributed by atoms with Crippen molar-refractivity contribution in [2.75, 3.05) is 12.4 Å². The van der Waals surface area contributed by atoms with Crippen LogP contribution in [0.2, 0.25) is 0 Å². The van der Waals surface area contributed by atoms with Gasteiger partial charge >= 0.3 is 5.97 Å². The maximum absolute atomic E-state index is 11.9. The van der Waals surface area contributed by atoms with Gasteiger partial charge in [0.1, 0.15) is 5.70 Å². The molecule has 21 heavy (non-hydrogen) atoms. The maximum Gasteiger partial charge on any atom is 0.354 e. The van der Waals surface area contributed by atoms with E-state index >= 15 is 0 Å². The van der Waals surface area contributed by atoms with Crippen LogP contribution in [0.25, 0.3) is 6.08 Å². The third-order valence-electron chi connectivity index (χ3n) is 2.91. The monoisotopic (exact) mass is 345 g/mol. The normalized spacial score (nSPS) is 11.1. The van der Waals surface area contributed by atoms with E-state index in [1.54, 1.807) is 6.08 Å². The minimum absolute atomic E-state index is 0.383. The fraction of sp³-hybridized carbons (Fsp3) is 0.118. The third-order valence-corrected chi connectivity index (χ3v) is 3.57. The SMILES string of the molecule is COC(=O)/C(=C\c1ccccc1)Nc1ccc(C)cc1Br. The van der Waals surface area contributed by atoms with Crippen LogP contribution < -0.4 is 5.32 Å². The van der Waals surface area contributed by atoms with Crippen LogP contribution in [0.4, 0.5) is 5.69 Å². The molecule has 0 saturated heterocycles. The second-order valence-corrected chi connectivity index (χ2v) is 5.42. The van der Waals surface area contributed by atoms with Crippen LogP contribution in [-0.4, -0.2) is 13.1 Å². The van der Waals surface area contributed by atoms with Gasteiger partial charge in [0.05, 0.1) is 12.8 Å². The van der Waals surface area contributed by atoms with Crippen molar-refractivity contribution < 1.29 is 9.53 Å². The standard InChI is InChI=1S/C17H16BrNO2/c1-12-8-9-15(14(18)10-12)19-16(17(20)21-2)11-13-6-4-3-5-7-13/h3-11,19H,1-2H3/b16-11+. The topological polar surface area (TPSA) is 38.3 Å². The summed E-state index contributed by atoms with van der Waals surface area (Å²) in [5.41, 5.74) is 3.26. The first kappa shape index (κ1) is 15.3. The lowest BCUT2D eigenvalue weighted by molar-refractivity contribution is -0.135.